The summed E-state index contributed by atoms with van der Waals surface area (Å²) in [5, 5.41) is 0. The number of carbonyl (C=O) groups excluding carboxylic acids is 2. The molecular formula is C24H37N3O4S. The van der Waals surface area contributed by atoms with Gasteiger partial charge < -0.3 is 9.80 Å². The monoisotopic (exact) mass is 463 g/mol. The number of sulfonamides is 1. The molecule has 8 heteroatoms. The minimum atomic E-state index is -3.62. The number of rotatable bonds is 8. The lowest BCUT2D eigenvalue weighted by atomic mass is 9.81. The van der Waals surface area contributed by atoms with Crippen molar-refractivity contribution in [3.63, 3.8) is 0 Å². The third-order valence-electron chi connectivity index (χ3n) is 6.90. The molecule has 1 aromatic rings. The van der Waals surface area contributed by atoms with E-state index in [2.05, 4.69) is 11.6 Å². The van der Waals surface area contributed by atoms with Gasteiger partial charge in [0.2, 0.25) is 21.8 Å². The zero-order valence-corrected chi connectivity index (χ0v) is 20.6. The van der Waals surface area contributed by atoms with Gasteiger partial charge in [0.1, 0.15) is 0 Å². The van der Waals surface area contributed by atoms with Gasteiger partial charge in [-0.25, -0.2) is 13.1 Å². The standard InChI is InChI=1S/C24H37N3O4S/c1-5-6-13-26(4)24(29)20-9-7-19(8-10-20)16-25-32(30,31)22-11-12-23-21(15-22)14-17(2)27(23)18(3)28/h11-12,15,17,19-20,25H,5-10,13-14,16H2,1-4H3/t17-,19?,20?/m0/s1. The summed E-state index contributed by atoms with van der Waals surface area (Å²) in [6.07, 6.45) is 6.10. The Morgan fingerprint density at radius 1 is 1.19 bits per heavy atom. The molecule has 1 aliphatic heterocycles. The van der Waals surface area contributed by atoms with Gasteiger partial charge in [0.25, 0.3) is 0 Å². The third-order valence-corrected chi connectivity index (χ3v) is 8.32. The summed E-state index contributed by atoms with van der Waals surface area (Å²) in [5.74, 6) is 0.505. The molecule has 0 saturated heterocycles. The maximum Gasteiger partial charge on any atom is 0.240 e. The molecule has 0 spiro atoms. The summed E-state index contributed by atoms with van der Waals surface area (Å²) in [4.78, 5) is 28.3. The van der Waals surface area contributed by atoms with Crippen molar-refractivity contribution in [1.29, 1.82) is 0 Å². The van der Waals surface area contributed by atoms with E-state index in [1.165, 1.54) is 6.92 Å². The molecule has 32 heavy (non-hydrogen) atoms. The van der Waals surface area contributed by atoms with Crippen LogP contribution in [0.15, 0.2) is 23.1 Å². The molecule has 1 aromatic carbocycles. The average molecular weight is 464 g/mol. The van der Waals surface area contributed by atoms with Crippen LogP contribution in [-0.2, 0) is 26.0 Å². The molecule has 2 aliphatic rings. The second-order valence-corrected chi connectivity index (χ2v) is 11.2. The van der Waals surface area contributed by atoms with E-state index in [0.717, 1.165) is 56.3 Å². The van der Waals surface area contributed by atoms with Gasteiger partial charge in [0, 0.05) is 44.7 Å². The van der Waals surface area contributed by atoms with Gasteiger partial charge in [-0.05, 0) is 75.1 Å². The lowest BCUT2D eigenvalue weighted by molar-refractivity contribution is -0.135. The van der Waals surface area contributed by atoms with Crippen molar-refractivity contribution >= 4 is 27.5 Å². The van der Waals surface area contributed by atoms with Crippen molar-refractivity contribution in [1.82, 2.24) is 9.62 Å². The van der Waals surface area contributed by atoms with Crippen LogP contribution < -0.4 is 9.62 Å². The molecule has 1 atom stereocenters. The summed E-state index contributed by atoms with van der Waals surface area (Å²) in [6.45, 7) is 6.81. The molecule has 1 heterocycles. The van der Waals surface area contributed by atoms with E-state index in [0.29, 0.717) is 13.0 Å². The first-order chi connectivity index (χ1) is 15.1. The fourth-order valence-corrected chi connectivity index (χ4v) is 6.16. The van der Waals surface area contributed by atoms with Crippen LogP contribution >= 0.6 is 0 Å². The summed E-state index contributed by atoms with van der Waals surface area (Å²) >= 11 is 0. The van der Waals surface area contributed by atoms with Gasteiger partial charge in [0.15, 0.2) is 0 Å². The summed E-state index contributed by atoms with van der Waals surface area (Å²) < 4.78 is 28.5. The molecule has 178 valence electrons. The van der Waals surface area contributed by atoms with Crippen LogP contribution in [0.4, 0.5) is 5.69 Å². The van der Waals surface area contributed by atoms with Crippen LogP contribution in [0.5, 0.6) is 0 Å². The van der Waals surface area contributed by atoms with Gasteiger partial charge in [-0.1, -0.05) is 13.3 Å². The number of hydrogen-bond donors (Lipinski definition) is 1. The van der Waals surface area contributed by atoms with Crippen molar-refractivity contribution < 1.29 is 18.0 Å². The number of anilines is 1. The van der Waals surface area contributed by atoms with Crippen LogP contribution in [0.2, 0.25) is 0 Å². The highest BCUT2D eigenvalue weighted by Gasteiger charge is 2.31. The van der Waals surface area contributed by atoms with Gasteiger partial charge in [-0.2, -0.15) is 0 Å². The first kappa shape index (κ1) is 24.7. The number of nitrogens with zero attached hydrogens (tertiary/aromatic N) is 2. The first-order valence-corrected chi connectivity index (χ1v) is 13.3. The average Bonchev–Trinajstić information content (AvgIpc) is 3.11. The Morgan fingerprint density at radius 2 is 1.88 bits per heavy atom. The highest BCUT2D eigenvalue weighted by atomic mass is 32.2. The predicted molar refractivity (Wildman–Crippen MR) is 126 cm³/mol. The second kappa shape index (κ2) is 10.3. The van der Waals surface area contributed by atoms with Gasteiger partial charge >= 0.3 is 0 Å². The molecule has 1 N–H and O–H groups in total. The third kappa shape index (κ3) is 5.52. The Hall–Kier alpha value is -1.93. The number of benzene rings is 1. The number of carbonyl (C=O) groups is 2. The number of unbranched alkanes of at least 4 members (excludes halogenated alkanes) is 1. The summed E-state index contributed by atoms with van der Waals surface area (Å²) in [7, 11) is -1.74. The maximum absolute atomic E-state index is 12.9. The van der Waals surface area contributed by atoms with Gasteiger partial charge in [-0.3, -0.25) is 9.59 Å². The van der Waals surface area contributed by atoms with Crippen molar-refractivity contribution in [2.75, 3.05) is 25.0 Å². The maximum atomic E-state index is 12.9. The molecule has 0 unspecified atom stereocenters. The minimum Gasteiger partial charge on any atom is -0.346 e. The Balaban J connectivity index is 1.54. The van der Waals surface area contributed by atoms with Crippen LogP contribution in [-0.4, -0.2) is 51.3 Å². The zero-order chi connectivity index (χ0) is 23.5. The molecule has 0 radical (unpaired) electrons. The van der Waals surface area contributed by atoms with E-state index in [1.54, 1.807) is 23.1 Å². The molecule has 1 fully saturated rings. The van der Waals surface area contributed by atoms with Gasteiger partial charge in [0.05, 0.1) is 4.90 Å². The van der Waals surface area contributed by atoms with Crippen molar-refractivity contribution in [2.24, 2.45) is 11.8 Å². The van der Waals surface area contributed by atoms with Crippen LogP contribution in [0.1, 0.15) is 64.9 Å². The van der Waals surface area contributed by atoms with E-state index in [1.807, 2.05) is 18.9 Å². The predicted octanol–water partition coefficient (Wildman–Crippen LogP) is 3.33. The first-order valence-electron chi connectivity index (χ1n) is 11.8. The minimum absolute atomic E-state index is 0.0318. The fraction of sp³-hybridized carbons (Fsp3) is 0.667. The largest absolute Gasteiger partial charge is 0.346 e. The quantitative estimate of drug-likeness (QED) is 0.641. The highest BCUT2D eigenvalue weighted by Crippen LogP contribution is 2.34. The molecule has 7 nitrogen and oxygen atoms in total. The van der Waals surface area contributed by atoms with Crippen molar-refractivity contribution in [3.8, 4) is 0 Å². The van der Waals surface area contributed by atoms with E-state index in [9.17, 15) is 18.0 Å². The Bertz CT molecular complexity index is 939. The van der Waals surface area contributed by atoms with Crippen LogP contribution in [0, 0.1) is 11.8 Å². The molecule has 3 rings (SSSR count). The number of nitrogens with one attached hydrogen (secondary N) is 1. The van der Waals surface area contributed by atoms with E-state index in [4.69, 9.17) is 0 Å². The molecule has 0 aromatic heterocycles. The fourth-order valence-electron chi connectivity index (χ4n) is 5.00. The van der Waals surface area contributed by atoms with Gasteiger partial charge in [-0.15, -0.1) is 0 Å². The van der Waals surface area contributed by atoms with E-state index in [-0.39, 0.29) is 34.6 Å². The molecular weight excluding hydrogens is 426 g/mol. The van der Waals surface area contributed by atoms with Crippen LogP contribution in [0.25, 0.3) is 0 Å². The van der Waals surface area contributed by atoms with E-state index < -0.39 is 10.0 Å². The SMILES string of the molecule is CCCCN(C)C(=O)C1CCC(CNS(=O)(=O)c2ccc3c(c2)C[C@H](C)N3C(C)=O)CC1. The zero-order valence-electron chi connectivity index (χ0n) is 19.8. The molecule has 1 saturated carbocycles. The summed E-state index contributed by atoms with van der Waals surface area (Å²) in [5.41, 5.74) is 1.69. The summed E-state index contributed by atoms with van der Waals surface area (Å²) in [6, 6.07) is 5.04. The number of fused-ring (bicyclic) bond motifs is 1. The van der Waals surface area contributed by atoms with Crippen molar-refractivity contribution in [2.45, 2.75) is 76.7 Å². The lowest BCUT2D eigenvalue weighted by Gasteiger charge is -2.30. The Kier molecular flexibility index (Phi) is 7.98. The topological polar surface area (TPSA) is 86.8 Å². The Labute approximate surface area is 192 Å². The smallest absolute Gasteiger partial charge is 0.240 e. The number of amides is 2. The highest BCUT2D eigenvalue weighted by molar-refractivity contribution is 7.89. The van der Waals surface area contributed by atoms with Crippen LogP contribution in [0.3, 0.4) is 0 Å². The van der Waals surface area contributed by atoms with Crippen molar-refractivity contribution in [3.05, 3.63) is 23.8 Å². The molecule has 2 amide bonds. The Morgan fingerprint density at radius 3 is 2.50 bits per heavy atom. The molecule has 0 bridgehead atoms. The number of hydrogen-bond acceptors (Lipinski definition) is 4. The second-order valence-electron chi connectivity index (χ2n) is 9.42. The molecule has 1 aliphatic carbocycles. The lowest BCUT2D eigenvalue weighted by Crippen LogP contribution is -2.37. The normalized spacial score (nSPS) is 23.1. The van der Waals surface area contributed by atoms with E-state index >= 15 is 0 Å².